The van der Waals surface area contributed by atoms with Crippen LogP contribution < -0.4 is 5.32 Å². The van der Waals surface area contributed by atoms with Crippen molar-refractivity contribution >= 4 is 39.2 Å². The molecule has 1 aliphatic rings. The highest BCUT2D eigenvalue weighted by molar-refractivity contribution is 9.10. The minimum Gasteiger partial charge on any atom is -0.469 e. The molecular formula is C22H21BrN4O2S. The molecule has 1 saturated heterocycles. The van der Waals surface area contributed by atoms with Crippen molar-refractivity contribution in [1.29, 1.82) is 0 Å². The van der Waals surface area contributed by atoms with Crippen molar-refractivity contribution in [3.8, 4) is 5.69 Å². The van der Waals surface area contributed by atoms with E-state index in [1.54, 1.807) is 6.20 Å². The fourth-order valence-electron chi connectivity index (χ4n) is 3.75. The molecule has 8 heteroatoms. The van der Waals surface area contributed by atoms with Gasteiger partial charge < -0.3 is 19.5 Å². The Labute approximate surface area is 189 Å². The Bertz CT molecular complexity index is 1040. The molecule has 4 rings (SSSR count). The number of nitrogens with zero attached hydrogens (tertiary/aromatic N) is 3. The van der Waals surface area contributed by atoms with E-state index in [-0.39, 0.29) is 24.5 Å². The SMILES string of the molecule is COC(=O)CCN1C(=S)N[C@H](c2ccccn2)[C@@H]1c1cccn1-c1ccc(Br)cc1. The van der Waals surface area contributed by atoms with Crippen LogP contribution in [0, 0.1) is 0 Å². The van der Waals surface area contributed by atoms with E-state index in [4.69, 9.17) is 17.0 Å². The number of nitrogens with one attached hydrogen (secondary N) is 1. The van der Waals surface area contributed by atoms with E-state index >= 15 is 0 Å². The van der Waals surface area contributed by atoms with Crippen molar-refractivity contribution in [2.24, 2.45) is 0 Å². The maximum Gasteiger partial charge on any atom is 0.307 e. The highest BCUT2D eigenvalue weighted by Crippen LogP contribution is 2.39. The first kappa shape index (κ1) is 20.6. The molecule has 0 unspecified atom stereocenters. The fraction of sp³-hybridized carbons (Fsp3) is 0.227. The number of aromatic nitrogens is 2. The van der Waals surface area contributed by atoms with E-state index < -0.39 is 0 Å². The lowest BCUT2D eigenvalue weighted by Crippen LogP contribution is -2.32. The second-order valence-electron chi connectivity index (χ2n) is 6.93. The molecule has 0 radical (unpaired) electrons. The first-order valence-electron chi connectivity index (χ1n) is 9.56. The van der Waals surface area contributed by atoms with Crippen LogP contribution in [-0.4, -0.2) is 39.2 Å². The molecule has 1 fully saturated rings. The van der Waals surface area contributed by atoms with E-state index in [9.17, 15) is 4.79 Å². The van der Waals surface area contributed by atoms with Crippen LogP contribution in [0.15, 0.2) is 71.5 Å². The molecule has 2 atom stereocenters. The molecule has 0 amide bonds. The quantitative estimate of drug-likeness (QED) is 0.418. The molecule has 2 aromatic heterocycles. The molecule has 0 aliphatic carbocycles. The normalized spacial score (nSPS) is 18.3. The van der Waals surface area contributed by atoms with E-state index in [0.29, 0.717) is 11.7 Å². The van der Waals surface area contributed by atoms with Crippen LogP contribution in [0.4, 0.5) is 0 Å². The molecule has 3 aromatic rings. The van der Waals surface area contributed by atoms with Crippen LogP contribution in [0.25, 0.3) is 5.69 Å². The average Bonchev–Trinajstić information content (AvgIpc) is 3.37. The van der Waals surface area contributed by atoms with Crippen molar-refractivity contribution in [2.45, 2.75) is 18.5 Å². The number of hydrogen-bond acceptors (Lipinski definition) is 4. The predicted octanol–water partition coefficient (Wildman–Crippen LogP) is 4.17. The molecule has 1 aromatic carbocycles. The standard InChI is InChI=1S/C22H21BrN4O2S/c1-29-19(28)11-14-27-21(20(25-22(27)30)17-5-2-3-12-24-17)18-6-4-13-26(18)16-9-7-15(23)8-10-16/h2-10,12-13,20-21H,11,14H2,1H3,(H,25,30)/t20-,21+/m1/s1. The number of ether oxygens (including phenoxy) is 1. The highest BCUT2D eigenvalue weighted by Gasteiger charge is 2.41. The number of rotatable bonds is 6. The van der Waals surface area contributed by atoms with Gasteiger partial charge in [-0.2, -0.15) is 0 Å². The highest BCUT2D eigenvalue weighted by atomic mass is 79.9. The lowest BCUT2D eigenvalue weighted by molar-refractivity contribution is -0.140. The topological polar surface area (TPSA) is 59.4 Å². The summed E-state index contributed by atoms with van der Waals surface area (Å²) in [6.45, 7) is 0.456. The summed E-state index contributed by atoms with van der Waals surface area (Å²) in [5.41, 5.74) is 3.00. The summed E-state index contributed by atoms with van der Waals surface area (Å²) in [4.78, 5) is 18.4. The van der Waals surface area contributed by atoms with E-state index in [1.807, 2.05) is 42.6 Å². The Hall–Kier alpha value is -2.71. The van der Waals surface area contributed by atoms with E-state index in [1.165, 1.54) is 7.11 Å². The minimum absolute atomic E-state index is 0.129. The van der Waals surface area contributed by atoms with Crippen molar-refractivity contribution in [3.63, 3.8) is 0 Å². The Morgan fingerprint density at radius 3 is 2.70 bits per heavy atom. The van der Waals surface area contributed by atoms with Gasteiger partial charge in [0, 0.05) is 34.8 Å². The number of benzene rings is 1. The number of methoxy groups -OCH3 is 1. The first-order valence-corrected chi connectivity index (χ1v) is 10.8. The molecule has 0 spiro atoms. The Morgan fingerprint density at radius 2 is 2.00 bits per heavy atom. The van der Waals surface area contributed by atoms with Gasteiger partial charge in [0.2, 0.25) is 0 Å². The van der Waals surface area contributed by atoms with Gasteiger partial charge >= 0.3 is 5.97 Å². The van der Waals surface area contributed by atoms with Crippen LogP contribution in [0.3, 0.4) is 0 Å². The van der Waals surface area contributed by atoms with Gasteiger partial charge in [0.1, 0.15) is 0 Å². The fourth-order valence-corrected chi connectivity index (χ4v) is 4.35. The van der Waals surface area contributed by atoms with Gasteiger partial charge in [0.05, 0.1) is 31.3 Å². The molecule has 1 N–H and O–H groups in total. The molecule has 154 valence electrons. The number of halogens is 1. The van der Waals surface area contributed by atoms with Crippen LogP contribution >= 0.6 is 28.1 Å². The Balaban J connectivity index is 1.75. The van der Waals surface area contributed by atoms with Crippen LogP contribution in [0.2, 0.25) is 0 Å². The van der Waals surface area contributed by atoms with Gasteiger partial charge in [-0.1, -0.05) is 22.0 Å². The molecular weight excluding hydrogens is 464 g/mol. The smallest absolute Gasteiger partial charge is 0.307 e. The average molecular weight is 485 g/mol. The van der Waals surface area contributed by atoms with Crippen molar-refractivity contribution in [3.05, 3.63) is 82.9 Å². The van der Waals surface area contributed by atoms with E-state index in [2.05, 4.69) is 53.9 Å². The van der Waals surface area contributed by atoms with Gasteiger partial charge in [0.15, 0.2) is 5.11 Å². The predicted molar refractivity (Wildman–Crippen MR) is 122 cm³/mol. The number of pyridine rings is 1. The van der Waals surface area contributed by atoms with Crippen molar-refractivity contribution in [2.75, 3.05) is 13.7 Å². The second kappa shape index (κ2) is 8.97. The zero-order chi connectivity index (χ0) is 21.1. The van der Waals surface area contributed by atoms with Crippen molar-refractivity contribution in [1.82, 2.24) is 19.8 Å². The zero-order valence-corrected chi connectivity index (χ0v) is 18.8. The number of esters is 1. The summed E-state index contributed by atoms with van der Waals surface area (Å²) in [5, 5.41) is 4.01. The molecule has 0 saturated carbocycles. The van der Waals surface area contributed by atoms with Gasteiger partial charge in [-0.3, -0.25) is 9.78 Å². The summed E-state index contributed by atoms with van der Waals surface area (Å²) in [5.74, 6) is -0.263. The molecule has 0 bridgehead atoms. The lowest BCUT2D eigenvalue weighted by atomic mass is 10.0. The first-order chi connectivity index (χ1) is 14.6. The summed E-state index contributed by atoms with van der Waals surface area (Å²) in [6.07, 6.45) is 4.07. The van der Waals surface area contributed by atoms with Gasteiger partial charge in [-0.05, 0) is 60.7 Å². The monoisotopic (exact) mass is 484 g/mol. The maximum absolute atomic E-state index is 11.8. The van der Waals surface area contributed by atoms with Crippen LogP contribution in [0.1, 0.15) is 29.9 Å². The minimum atomic E-state index is -0.263. The molecule has 3 heterocycles. The largest absolute Gasteiger partial charge is 0.469 e. The third kappa shape index (κ3) is 4.11. The summed E-state index contributed by atoms with van der Waals surface area (Å²) in [6, 6.07) is 17.8. The van der Waals surface area contributed by atoms with Crippen molar-refractivity contribution < 1.29 is 9.53 Å². The van der Waals surface area contributed by atoms with Gasteiger partial charge in [0.25, 0.3) is 0 Å². The maximum atomic E-state index is 11.8. The van der Waals surface area contributed by atoms with Crippen LogP contribution in [0.5, 0.6) is 0 Å². The molecule has 1 aliphatic heterocycles. The summed E-state index contributed by atoms with van der Waals surface area (Å²) < 4.78 is 8.01. The number of carbonyl (C=O) groups excluding carboxylic acids is 1. The molecule has 30 heavy (non-hydrogen) atoms. The van der Waals surface area contributed by atoms with Crippen LogP contribution in [-0.2, 0) is 9.53 Å². The zero-order valence-electron chi connectivity index (χ0n) is 16.4. The van der Waals surface area contributed by atoms with Gasteiger partial charge in [-0.15, -0.1) is 0 Å². The number of thiocarbonyl (C=S) groups is 1. The Morgan fingerprint density at radius 1 is 1.20 bits per heavy atom. The number of hydrogen-bond donors (Lipinski definition) is 1. The summed E-state index contributed by atoms with van der Waals surface area (Å²) in [7, 11) is 1.40. The lowest BCUT2D eigenvalue weighted by Gasteiger charge is -2.28. The third-order valence-electron chi connectivity index (χ3n) is 5.17. The molecule has 6 nitrogen and oxygen atoms in total. The Kier molecular flexibility index (Phi) is 6.15. The second-order valence-corrected chi connectivity index (χ2v) is 8.23. The van der Waals surface area contributed by atoms with Gasteiger partial charge in [-0.25, -0.2) is 0 Å². The summed E-state index contributed by atoms with van der Waals surface area (Å²) >= 11 is 9.15. The number of carbonyl (C=O) groups is 1. The van der Waals surface area contributed by atoms with E-state index in [0.717, 1.165) is 21.5 Å². The third-order valence-corrected chi connectivity index (χ3v) is 6.05.